The van der Waals surface area contributed by atoms with Crippen LogP contribution in [0, 0.1) is 10.1 Å². The van der Waals surface area contributed by atoms with Gasteiger partial charge in [0.25, 0.3) is 5.69 Å². The Hall–Kier alpha value is -1.91. The number of nitro groups is 1. The van der Waals surface area contributed by atoms with Crippen molar-refractivity contribution in [2.24, 2.45) is 0 Å². The van der Waals surface area contributed by atoms with Gasteiger partial charge in [-0.05, 0) is 18.2 Å². The third kappa shape index (κ3) is 5.37. The fourth-order valence-corrected chi connectivity index (χ4v) is 4.77. The summed E-state index contributed by atoms with van der Waals surface area (Å²) in [5.41, 5.74) is -0.249. The molecule has 0 spiro atoms. The molecule has 8 nitrogen and oxygen atoms in total. The Bertz CT molecular complexity index is 995. The van der Waals surface area contributed by atoms with Gasteiger partial charge in [0.1, 0.15) is 12.4 Å². The van der Waals surface area contributed by atoms with Crippen molar-refractivity contribution >= 4 is 38.9 Å². The number of nitro benzene ring substituents is 1. The van der Waals surface area contributed by atoms with Gasteiger partial charge in [-0.3, -0.25) is 15.0 Å². The highest BCUT2D eigenvalue weighted by molar-refractivity contribution is 7.89. The summed E-state index contributed by atoms with van der Waals surface area (Å²) in [4.78, 5) is 12.3. The lowest BCUT2D eigenvalue weighted by Gasteiger charge is -2.33. The van der Waals surface area contributed by atoms with Gasteiger partial charge in [-0.15, -0.1) is 0 Å². The Labute approximate surface area is 178 Å². The fraction of sp³-hybridized carbons (Fsp3) is 0.333. The molecule has 0 N–H and O–H groups in total. The third-order valence-corrected chi connectivity index (χ3v) is 7.00. The number of halogens is 2. The lowest BCUT2D eigenvalue weighted by molar-refractivity contribution is -0.385. The maximum Gasteiger partial charge on any atom is 0.270 e. The molecule has 1 fully saturated rings. The van der Waals surface area contributed by atoms with Crippen LogP contribution in [0.2, 0.25) is 10.0 Å². The van der Waals surface area contributed by atoms with Gasteiger partial charge in [0, 0.05) is 55.9 Å². The van der Waals surface area contributed by atoms with Crippen LogP contribution < -0.4 is 4.74 Å². The molecule has 2 aromatic rings. The molecule has 11 heteroatoms. The number of benzene rings is 2. The molecular weight excluding hydrogens is 441 g/mol. The highest BCUT2D eigenvalue weighted by atomic mass is 35.5. The second-order valence-electron chi connectivity index (χ2n) is 6.42. The lowest BCUT2D eigenvalue weighted by Crippen LogP contribution is -2.49. The molecule has 0 saturated carbocycles. The van der Waals surface area contributed by atoms with Crippen LogP contribution in [0.3, 0.4) is 0 Å². The maximum absolute atomic E-state index is 12.8. The highest BCUT2D eigenvalue weighted by Gasteiger charge is 2.29. The van der Waals surface area contributed by atoms with Crippen LogP contribution in [0.1, 0.15) is 0 Å². The first-order valence-corrected chi connectivity index (χ1v) is 11.0. The van der Waals surface area contributed by atoms with Gasteiger partial charge in [-0.2, -0.15) is 4.31 Å². The van der Waals surface area contributed by atoms with Crippen molar-refractivity contribution in [3.63, 3.8) is 0 Å². The van der Waals surface area contributed by atoms with Crippen molar-refractivity contribution in [1.29, 1.82) is 0 Å². The summed E-state index contributed by atoms with van der Waals surface area (Å²) in [7, 11) is -3.78. The predicted octanol–water partition coefficient (Wildman–Crippen LogP) is 3.29. The van der Waals surface area contributed by atoms with Crippen molar-refractivity contribution in [3.05, 3.63) is 62.6 Å². The molecular formula is C18H19Cl2N3O5S. The van der Waals surface area contributed by atoms with Gasteiger partial charge < -0.3 is 4.74 Å². The van der Waals surface area contributed by atoms with Crippen LogP contribution in [0.4, 0.5) is 5.69 Å². The molecule has 1 saturated heterocycles. The second-order valence-corrected chi connectivity index (χ2v) is 9.20. The summed E-state index contributed by atoms with van der Waals surface area (Å²) in [6, 6.07) is 10.1. The van der Waals surface area contributed by atoms with E-state index in [0.29, 0.717) is 55.1 Å². The summed E-state index contributed by atoms with van der Waals surface area (Å²) in [5.74, 6) is 0.506. The zero-order chi connectivity index (χ0) is 21.0. The lowest BCUT2D eigenvalue weighted by atomic mass is 10.3. The van der Waals surface area contributed by atoms with Gasteiger partial charge in [0.15, 0.2) is 0 Å². The zero-order valence-corrected chi connectivity index (χ0v) is 17.7. The van der Waals surface area contributed by atoms with Gasteiger partial charge in [-0.25, -0.2) is 8.42 Å². The molecule has 2 aromatic carbocycles. The van der Waals surface area contributed by atoms with Crippen molar-refractivity contribution in [1.82, 2.24) is 9.21 Å². The van der Waals surface area contributed by atoms with Crippen molar-refractivity contribution in [2.45, 2.75) is 4.90 Å². The topological polar surface area (TPSA) is 93.0 Å². The Morgan fingerprint density at radius 2 is 1.79 bits per heavy atom. The first-order valence-electron chi connectivity index (χ1n) is 8.82. The summed E-state index contributed by atoms with van der Waals surface area (Å²) in [6.45, 7) is 2.64. The van der Waals surface area contributed by atoms with Gasteiger partial charge in [0.05, 0.1) is 14.8 Å². The first kappa shape index (κ1) is 21.8. The summed E-state index contributed by atoms with van der Waals surface area (Å²) < 4.78 is 32.6. The van der Waals surface area contributed by atoms with E-state index in [2.05, 4.69) is 4.90 Å². The molecule has 3 rings (SSSR count). The normalized spacial score (nSPS) is 15.9. The van der Waals surface area contributed by atoms with Crippen molar-refractivity contribution in [3.8, 4) is 5.75 Å². The Morgan fingerprint density at radius 1 is 1.07 bits per heavy atom. The molecule has 0 atom stereocenters. The average Bonchev–Trinajstić information content (AvgIpc) is 2.71. The van der Waals surface area contributed by atoms with Crippen LogP contribution >= 0.6 is 23.2 Å². The number of sulfonamides is 1. The van der Waals surface area contributed by atoms with Gasteiger partial charge in [0.2, 0.25) is 10.0 Å². The number of hydrogen-bond acceptors (Lipinski definition) is 6. The number of rotatable bonds is 7. The molecule has 156 valence electrons. The van der Waals surface area contributed by atoms with Crippen LogP contribution in [0.25, 0.3) is 0 Å². The second kappa shape index (κ2) is 9.27. The molecule has 1 aliphatic rings. The third-order valence-electron chi connectivity index (χ3n) is 4.56. The standard InChI is InChI=1S/C18H19Cl2N3O5S/c19-14-4-5-17(20)18(12-14)28-11-10-21-6-8-22(9-7-21)29(26,27)16-3-1-2-15(13-16)23(24)25/h1-5,12-13H,6-11H2. The Kier molecular flexibility index (Phi) is 6.97. The fourth-order valence-electron chi connectivity index (χ4n) is 2.97. The minimum absolute atomic E-state index is 0.0703. The monoisotopic (exact) mass is 459 g/mol. The largest absolute Gasteiger partial charge is 0.491 e. The molecule has 0 amide bonds. The van der Waals surface area contributed by atoms with E-state index in [1.165, 1.54) is 22.5 Å². The minimum atomic E-state index is -3.78. The van der Waals surface area contributed by atoms with E-state index in [-0.39, 0.29) is 10.6 Å². The summed E-state index contributed by atoms with van der Waals surface area (Å²) in [5, 5.41) is 11.9. The highest BCUT2D eigenvalue weighted by Crippen LogP contribution is 2.27. The SMILES string of the molecule is O=[N+]([O-])c1cccc(S(=O)(=O)N2CCN(CCOc3cc(Cl)ccc3Cl)CC2)c1. The van der Waals surface area contributed by atoms with E-state index >= 15 is 0 Å². The maximum atomic E-state index is 12.8. The molecule has 0 radical (unpaired) electrons. The number of ether oxygens (including phenoxy) is 1. The number of non-ortho nitro benzene ring substituents is 1. The quantitative estimate of drug-likeness (QED) is 0.465. The number of nitrogens with zero attached hydrogens (tertiary/aromatic N) is 3. The molecule has 0 aromatic heterocycles. The molecule has 0 unspecified atom stereocenters. The van der Waals surface area contributed by atoms with Crippen LogP contribution in [0.5, 0.6) is 5.75 Å². The van der Waals surface area contributed by atoms with Crippen molar-refractivity contribution < 1.29 is 18.1 Å². The zero-order valence-electron chi connectivity index (χ0n) is 15.3. The molecule has 0 aliphatic carbocycles. The summed E-state index contributed by atoms with van der Waals surface area (Å²) >= 11 is 12.0. The number of piperazine rings is 1. The van der Waals surface area contributed by atoms with Crippen LogP contribution in [-0.2, 0) is 10.0 Å². The van der Waals surface area contributed by atoms with E-state index in [0.717, 1.165) is 6.07 Å². The Balaban J connectivity index is 1.54. The van der Waals surface area contributed by atoms with Gasteiger partial charge in [-0.1, -0.05) is 29.3 Å². The van der Waals surface area contributed by atoms with Crippen LogP contribution in [0.15, 0.2) is 47.4 Å². The average molecular weight is 460 g/mol. The van der Waals surface area contributed by atoms with E-state index in [9.17, 15) is 18.5 Å². The first-order chi connectivity index (χ1) is 13.8. The summed E-state index contributed by atoms with van der Waals surface area (Å²) in [6.07, 6.45) is 0. The molecule has 29 heavy (non-hydrogen) atoms. The molecule has 1 aliphatic heterocycles. The molecule has 0 bridgehead atoms. The van der Waals surface area contributed by atoms with Crippen LogP contribution in [-0.4, -0.2) is 61.9 Å². The van der Waals surface area contributed by atoms with E-state index in [4.69, 9.17) is 27.9 Å². The minimum Gasteiger partial charge on any atom is -0.491 e. The van der Waals surface area contributed by atoms with Crippen molar-refractivity contribution in [2.75, 3.05) is 39.3 Å². The Morgan fingerprint density at radius 3 is 2.48 bits per heavy atom. The van der Waals surface area contributed by atoms with E-state index in [1.807, 2.05) is 0 Å². The van der Waals surface area contributed by atoms with E-state index < -0.39 is 14.9 Å². The van der Waals surface area contributed by atoms with Gasteiger partial charge >= 0.3 is 0 Å². The predicted molar refractivity (Wildman–Crippen MR) is 110 cm³/mol. The smallest absolute Gasteiger partial charge is 0.270 e. The molecule has 1 heterocycles. The van der Waals surface area contributed by atoms with E-state index in [1.54, 1.807) is 18.2 Å². The number of hydrogen-bond donors (Lipinski definition) is 0.